The Hall–Kier alpha value is -4.42. The first-order valence-corrected chi connectivity index (χ1v) is 16.1. The third-order valence-corrected chi connectivity index (χ3v) is 9.13. The van der Waals surface area contributed by atoms with Gasteiger partial charge in [-0.25, -0.2) is 4.98 Å². The third kappa shape index (κ3) is 7.28. The van der Waals surface area contributed by atoms with E-state index < -0.39 is 0 Å². The molecule has 4 N–H and O–H groups in total. The Labute approximate surface area is 278 Å². The van der Waals surface area contributed by atoms with Crippen LogP contribution in [0, 0.1) is 6.92 Å². The molecule has 0 unspecified atom stereocenters. The molecule has 3 aromatic heterocycles. The van der Waals surface area contributed by atoms with E-state index in [0.29, 0.717) is 71.8 Å². The lowest BCUT2D eigenvalue weighted by Gasteiger charge is -2.27. The van der Waals surface area contributed by atoms with E-state index in [-0.39, 0.29) is 24.5 Å². The van der Waals surface area contributed by atoms with Crippen LogP contribution in [0.25, 0.3) is 22.5 Å². The Morgan fingerprint density at radius 3 is 2.81 bits per heavy atom. The molecule has 1 fully saturated rings. The number of ether oxygens (including phenoxy) is 1. The Morgan fingerprint density at radius 2 is 2.02 bits per heavy atom. The van der Waals surface area contributed by atoms with E-state index in [0.717, 1.165) is 47.2 Å². The van der Waals surface area contributed by atoms with Crippen molar-refractivity contribution in [3.05, 3.63) is 87.8 Å². The molecule has 11 nitrogen and oxygen atoms in total. The molecule has 2 aliphatic rings. The Kier molecular flexibility index (Phi) is 10.1. The van der Waals surface area contributed by atoms with Crippen LogP contribution < -0.4 is 20.7 Å². The van der Waals surface area contributed by atoms with Gasteiger partial charge in [0.15, 0.2) is 0 Å². The maximum atomic E-state index is 13.3. The molecule has 47 heavy (non-hydrogen) atoms. The van der Waals surface area contributed by atoms with Crippen LogP contribution in [0.2, 0.25) is 5.02 Å². The zero-order valence-corrected chi connectivity index (χ0v) is 27.2. The first-order valence-electron chi connectivity index (χ1n) is 15.8. The number of carbonyl (C=O) groups excluding carboxylic acids is 2. The number of methoxy groups -OCH3 is 1. The number of rotatable bonds is 11. The summed E-state index contributed by atoms with van der Waals surface area (Å²) < 4.78 is 5.62. The molecule has 0 spiro atoms. The van der Waals surface area contributed by atoms with Gasteiger partial charge < -0.3 is 25.8 Å². The number of aromatic nitrogens is 3. The van der Waals surface area contributed by atoms with Crippen LogP contribution in [0.3, 0.4) is 0 Å². The van der Waals surface area contributed by atoms with Crippen LogP contribution in [0.15, 0.2) is 54.9 Å². The number of pyridine rings is 3. The number of carbonyl (C=O) groups is 2. The van der Waals surface area contributed by atoms with E-state index in [9.17, 15) is 14.7 Å². The van der Waals surface area contributed by atoms with Gasteiger partial charge in [-0.3, -0.25) is 24.5 Å². The third-order valence-electron chi connectivity index (χ3n) is 8.75. The summed E-state index contributed by atoms with van der Waals surface area (Å²) in [5, 5.41) is 19.1. The number of hydrogen-bond donors (Lipinski definition) is 4. The van der Waals surface area contributed by atoms with Crippen LogP contribution in [0.5, 0.6) is 5.88 Å². The molecule has 1 saturated heterocycles. The van der Waals surface area contributed by atoms with Gasteiger partial charge in [0, 0.05) is 80.0 Å². The fraction of sp³-hybridized carbons (Fsp3) is 0.343. The molecular formula is C35H38ClN7O4. The summed E-state index contributed by atoms with van der Waals surface area (Å²) in [5.74, 6) is 0.285. The second-order valence-corrected chi connectivity index (χ2v) is 12.2. The fourth-order valence-electron chi connectivity index (χ4n) is 6.14. The molecule has 0 aliphatic carbocycles. The van der Waals surface area contributed by atoms with Crippen LogP contribution in [-0.2, 0) is 24.3 Å². The Bertz CT molecular complexity index is 1800. The minimum atomic E-state index is -0.294. The van der Waals surface area contributed by atoms with Crippen molar-refractivity contribution < 1.29 is 19.4 Å². The van der Waals surface area contributed by atoms with Gasteiger partial charge in [0.1, 0.15) is 5.69 Å². The van der Waals surface area contributed by atoms with Gasteiger partial charge in [-0.15, -0.1) is 0 Å². The van der Waals surface area contributed by atoms with Crippen LogP contribution in [-0.4, -0.2) is 76.2 Å². The predicted molar refractivity (Wildman–Crippen MR) is 180 cm³/mol. The standard InChI is InChI=1S/C35H38ClN7O4/c1-21-26(4-3-5-28(21)41-34(46)30-16-22-11-13-43(14-15-44)20-24(22)18-39-30)33-32(36)27(10-12-38-33)29-8-6-23(35(42-29)47-2)17-37-19-25-7-9-31(45)40-25/h3-6,8,10,12,16,18,25,37,44H,7,9,11,13-15,17,19-20H2,1-2H3,(H,40,45)(H,41,46)/t25-/m1/s1. The van der Waals surface area contributed by atoms with E-state index in [2.05, 4.69) is 30.8 Å². The number of β-amino-alcohol motifs (C(OH)–C–C–N with tert-alkyl or cyclic N) is 1. The second kappa shape index (κ2) is 14.6. The fourth-order valence-corrected chi connectivity index (χ4v) is 6.45. The van der Waals surface area contributed by atoms with Crippen molar-refractivity contribution >= 4 is 29.1 Å². The molecule has 4 aromatic rings. The zero-order valence-electron chi connectivity index (χ0n) is 26.5. The van der Waals surface area contributed by atoms with E-state index in [1.165, 1.54) is 0 Å². The summed E-state index contributed by atoms with van der Waals surface area (Å²) in [6, 6.07) is 13.3. The number of halogens is 1. The molecular weight excluding hydrogens is 618 g/mol. The quantitative estimate of drug-likeness (QED) is 0.188. The molecule has 2 aliphatic heterocycles. The molecule has 0 radical (unpaired) electrons. The van der Waals surface area contributed by atoms with Crippen molar-refractivity contribution in [3.63, 3.8) is 0 Å². The smallest absolute Gasteiger partial charge is 0.274 e. The maximum Gasteiger partial charge on any atom is 0.274 e. The van der Waals surface area contributed by atoms with E-state index >= 15 is 0 Å². The van der Waals surface area contributed by atoms with Crippen molar-refractivity contribution in [2.45, 2.75) is 45.3 Å². The van der Waals surface area contributed by atoms with Crippen LogP contribution >= 0.6 is 11.6 Å². The number of hydrogen-bond acceptors (Lipinski definition) is 9. The lowest BCUT2D eigenvalue weighted by molar-refractivity contribution is -0.119. The number of nitrogens with one attached hydrogen (secondary N) is 3. The summed E-state index contributed by atoms with van der Waals surface area (Å²) in [7, 11) is 1.59. The molecule has 0 saturated carbocycles. The van der Waals surface area contributed by atoms with Crippen molar-refractivity contribution in [2.75, 3.05) is 38.7 Å². The molecule has 5 heterocycles. The molecule has 0 bridgehead atoms. The monoisotopic (exact) mass is 655 g/mol. The van der Waals surface area contributed by atoms with Crippen molar-refractivity contribution in [3.8, 4) is 28.4 Å². The number of fused-ring (bicyclic) bond motifs is 1. The minimum Gasteiger partial charge on any atom is -0.481 e. The zero-order chi connectivity index (χ0) is 32.9. The first kappa shape index (κ1) is 32.5. The van der Waals surface area contributed by atoms with Gasteiger partial charge >= 0.3 is 0 Å². The van der Waals surface area contributed by atoms with Crippen molar-refractivity contribution in [1.29, 1.82) is 0 Å². The molecule has 6 rings (SSSR count). The largest absolute Gasteiger partial charge is 0.481 e. The second-order valence-electron chi connectivity index (χ2n) is 11.8. The van der Waals surface area contributed by atoms with E-state index in [1.54, 1.807) is 19.5 Å². The molecule has 1 aromatic carbocycles. The minimum absolute atomic E-state index is 0.0938. The summed E-state index contributed by atoms with van der Waals surface area (Å²) in [6.45, 7) is 5.42. The lowest BCUT2D eigenvalue weighted by atomic mass is 10.00. The number of amides is 2. The molecule has 244 valence electrons. The van der Waals surface area contributed by atoms with Crippen LogP contribution in [0.4, 0.5) is 5.69 Å². The number of aliphatic hydroxyl groups excluding tert-OH is 1. The van der Waals surface area contributed by atoms with Gasteiger partial charge in [0.2, 0.25) is 11.8 Å². The summed E-state index contributed by atoms with van der Waals surface area (Å²) in [6.07, 6.45) is 5.65. The average molecular weight is 656 g/mol. The van der Waals surface area contributed by atoms with Gasteiger partial charge in [-0.1, -0.05) is 29.8 Å². The normalized spacial score (nSPS) is 16.1. The molecule has 1 atom stereocenters. The van der Waals surface area contributed by atoms with Gasteiger partial charge in [-0.2, -0.15) is 0 Å². The summed E-state index contributed by atoms with van der Waals surface area (Å²) in [4.78, 5) is 40.8. The number of nitrogens with zero attached hydrogens (tertiary/aromatic N) is 4. The Morgan fingerprint density at radius 1 is 1.15 bits per heavy atom. The Balaban J connectivity index is 1.19. The topological polar surface area (TPSA) is 142 Å². The highest BCUT2D eigenvalue weighted by Gasteiger charge is 2.22. The summed E-state index contributed by atoms with van der Waals surface area (Å²) >= 11 is 7.00. The van der Waals surface area contributed by atoms with Gasteiger partial charge in [0.05, 0.1) is 30.1 Å². The van der Waals surface area contributed by atoms with Crippen molar-refractivity contribution in [1.82, 2.24) is 30.5 Å². The lowest BCUT2D eigenvalue weighted by Crippen LogP contribution is -2.35. The molecule has 12 heteroatoms. The highest BCUT2D eigenvalue weighted by molar-refractivity contribution is 6.35. The maximum absolute atomic E-state index is 13.3. The number of aliphatic hydroxyl groups is 1. The van der Waals surface area contributed by atoms with E-state index in [4.69, 9.17) is 21.3 Å². The van der Waals surface area contributed by atoms with Crippen molar-refractivity contribution in [2.24, 2.45) is 0 Å². The van der Waals surface area contributed by atoms with E-state index in [1.807, 2.05) is 49.4 Å². The predicted octanol–water partition coefficient (Wildman–Crippen LogP) is 4.15. The highest BCUT2D eigenvalue weighted by Crippen LogP contribution is 2.38. The van der Waals surface area contributed by atoms with Gasteiger partial charge in [-0.05, 0) is 60.7 Å². The summed E-state index contributed by atoms with van der Waals surface area (Å²) in [5.41, 5.74) is 7.57. The SMILES string of the molecule is COc1nc(-c2ccnc(-c3cccc(NC(=O)c4cc5c(cn4)CN(CCO)CC5)c3C)c2Cl)ccc1CNC[C@H]1CCC(=O)N1. The van der Waals surface area contributed by atoms with Crippen LogP contribution in [0.1, 0.15) is 45.6 Å². The van der Waals surface area contributed by atoms with Gasteiger partial charge in [0.25, 0.3) is 5.91 Å². The molecule has 2 amide bonds. The highest BCUT2D eigenvalue weighted by atomic mass is 35.5. The average Bonchev–Trinajstić information content (AvgIpc) is 3.50. The first-order chi connectivity index (χ1) is 22.8. The number of benzene rings is 1. The number of anilines is 1.